The Morgan fingerprint density at radius 2 is 1.22 bits per heavy atom. The van der Waals surface area contributed by atoms with E-state index in [0.29, 0.717) is 35.4 Å². The van der Waals surface area contributed by atoms with Crippen LogP contribution in [0.4, 0.5) is 0 Å². The average Bonchev–Trinajstić information content (AvgIpc) is 3.78. The standard InChI is InChI=1S/C45H41ClN4O4S/c46-39-27-25-35(26-28-39)32-49(29-15-30-50-43(51)41-23-12-13-24-42(41)44(50)52)55(53,54)31-14-4-11-22-40-33-48(34-47-40)45(36-16-5-1-6-17-36,37-18-7-2-8-19-37)38-20-9-3-10-21-38/h1-3,5-10,12-14,16-21,23-28,31,33-34H,4,11,15,22,29-30,32H2. The lowest BCUT2D eigenvalue weighted by molar-refractivity contribution is 0.0650. The number of nitrogens with zero attached hydrogens (tertiary/aromatic N) is 4. The van der Waals surface area contributed by atoms with Crippen molar-refractivity contribution in [3.8, 4) is 0 Å². The maximum atomic E-state index is 13.7. The van der Waals surface area contributed by atoms with Crippen LogP contribution in [0.1, 0.15) is 67.9 Å². The number of benzene rings is 5. The molecule has 278 valence electrons. The molecule has 1 aromatic heterocycles. The molecule has 7 rings (SSSR count). The maximum absolute atomic E-state index is 13.7. The fourth-order valence-corrected chi connectivity index (χ4v) is 8.67. The van der Waals surface area contributed by atoms with Crippen molar-refractivity contribution in [1.29, 1.82) is 0 Å². The third-order valence-corrected chi connectivity index (χ3v) is 11.8. The molecule has 6 aromatic rings. The number of unbranched alkanes of at least 4 members (excludes halogenated alkanes) is 1. The molecular formula is C45H41ClN4O4S. The molecule has 2 heterocycles. The predicted octanol–water partition coefficient (Wildman–Crippen LogP) is 8.73. The van der Waals surface area contributed by atoms with Gasteiger partial charge in [-0.3, -0.25) is 14.5 Å². The van der Waals surface area contributed by atoms with Crippen molar-refractivity contribution in [2.24, 2.45) is 0 Å². The smallest absolute Gasteiger partial charge is 0.261 e. The fourth-order valence-electron chi connectivity index (χ4n) is 7.28. The summed E-state index contributed by atoms with van der Waals surface area (Å²) >= 11 is 6.09. The highest BCUT2D eigenvalue weighted by molar-refractivity contribution is 7.92. The Bertz CT molecular complexity index is 2250. The van der Waals surface area contributed by atoms with Gasteiger partial charge in [0.25, 0.3) is 11.8 Å². The first-order chi connectivity index (χ1) is 26.8. The highest BCUT2D eigenvalue weighted by Crippen LogP contribution is 2.40. The number of allylic oxidation sites excluding steroid dienone is 1. The molecule has 1 aliphatic rings. The molecule has 0 bridgehead atoms. The molecule has 0 saturated heterocycles. The van der Waals surface area contributed by atoms with Gasteiger partial charge in [-0.2, -0.15) is 4.31 Å². The number of hydrogen-bond donors (Lipinski definition) is 0. The van der Waals surface area contributed by atoms with Gasteiger partial charge in [0.15, 0.2) is 0 Å². The van der Waals surface area contributed by atoms with Crippen molar-refractivity contribution in [2.75, 3.05) is 13.1 Å². The van der Waals surface area contributed by atoms with Gasteiger partial charge in [-0.05, 0) is 72.2 Å². The van der Waals surface area contributed by atoms with Gasteiger partial charge in [-0.1, -0.05) is 133 Å². The van der Waals surface area contributed by atoms with Crippen molar-refractivity contribution in [1.82, 2.24) is 18.8 Å². The third-order valence-electron chi connectivity index (χ3n) is 9.97. The SMILES string of the molecule is O=C1c2ccccc2C(=O)N1CCCN(Cc1ccc(Cl)cc1)S(=O)(=O)C=CCCCc1cn(C(c2ccccc2)(c2ccccc2)c2ccccc2)cn1. The number of aromatic nitrogens is 2. The Kier molecular flexibility index (Phi) is 11.5. The molecule has 0 unspecified atom stereocenters. The molecule has 10 heteroatoms. The Hall–Kier alpha value is -5.61. The minimum atomic E-state index is -3.85. The minimum absolute atomic E-state index is 0.107. The van der Waals surface area contributed by atoms with Crippen LogP contribution in [0.15, 0.2) is 164 Å². The predicted molar refractivity (Wildman–Crippen MR) is 216 cm³/mol. The van der Waals surface area contributed by atoms with Crippen LogP contribution in [0.5, 0.6) is 0 Å². The summed E-state index contributed by atoms with van der Waals surface area (Å²) in [6.07, 6.45) is 7.82. The third kappa shape index (κ3) is 8.10. The lowest BCUT2D eigenvalue weighted by Crippen LogP contribution is -2.36. The van der Waals surface area contributed by atoms with Crippen LogP contribution in [0, 0.1) is 0 Å². The quantitative estimate of drug-likeness (QED) is 0.0558. The van der Waals surface area contributed by atoms with Gasteiger partial charge in [-0.25, -0.2) is 13.4 Å². The Morgan fingerprint density at radius 1 is 0.691 bits per heavy atom. The van der Waals surface area contributed by atoms with Crippen LogP contribution in [-0.4, -0.2) is 52.1 Å². The zero-order chi connectivity index (χ0) is 38.3. The summed E-state index contributed by atoms with van der Waals surface area (Å²) in [6.45, 7) is 0.344. The van der Waals surface area contributed by atoms with E-state index in [-0.39, 0.29) is 37.9 Å². The van der Waals surface area contributed by atoms with Crippen LogP contribution in [-0.2, 0) is 28.5 Å². The van der Waals surface area contributed by atoms with E-state index in [1.54, 1.807) is 54.6 Å². The number of halogens is 1. The van der Waals surface area contributed by atoms with Crippen LogP contribution in [0.25, 0.3) is 0 Å². The van der Waals surface area contributed by atoms with E-state index in [1.165, 1.54) is 14.6 Å². The first-order valence-electron chi connectivity index (χ1n) is 18.3. The zero-order valence-electron chi connectivity index (χ0n) is 30.2. The molecule has 8 nitrogen and oxygen atoms in total. The number of hydrogen-bond acceptors (Lipinski definition) is 5. The van der Waals surface area contributed by atoms with Gasteiger partial charge in [0.1, 0.15) is 5.54 Å². The van der Waals surface area contributed by atoms with Crippen molar-refractivity contribution in [3.05, 3.63) is 208 Å². The molecule has 0 aliphatic carbocycles. The summed E-state index contributed by atoms with van der Waals surface area (Å²) in [6, 6.07) is 45.0. The van der Waals surface area contributed by atoms with Crippen LogP contribution in [0.2, 0.25) is 5.02 Å². The van der Waals surface area contributed by atoms with Gasteiger partial charge in [0, 0.05) is 36.3 Å². The summed E-state index contributed by atoms with van der Waals surface area (Å²) in [5.74, 6) is -0.716. The monoisotopic (exact) mass is 768 g/mol. The lowest BCUT2D eigenvalue weighted by Gasteiger charge is -2.37. The van der Waals surface area contributed by atoms with E-state index >= 15 is 0 Å². The van der Waals surface area contributed by atoms with Gasteiger partial charge in [0.05, 0.1) is 23.1 Å². The normalized spacial score (nSPS) is 13.2. The number of imide groups is 1. The van der Waals surface area contributed by atoms with Gasteiger partial charge in [0.2, 0.25) is 10.0 Å². The zero-order valence-corrected chi connectivity index (χ0v) is 31.8. The second-order valence-electron chi connectivity index (χ2n) is 13.5. The van der Waals surface area contributed by atoms with Gasteiger partial charge >= 0.3 is 0 Å². The number of amides is 2. The Morgan fingerprint density at radius 3 is 1.76 bits per heavy atom. The molecule has 55 heavy (non-hydrogen) atoms. The van der Waals surface area contributed by atoms with Crippen molar-refractivity contribution in [3.63, 3.8) is 0 Å². The first kappa shape index (κ1) is 37.7. The highest BCUT2D eigenvalue weighted by Gasteiger charge is 2.38. The van der Waals surface area contributed by atoms with Crippen molar-refractivity contribution < 1.29 is 18.0 Å². The molecule has 0 N–H and O–H groups in total. The summed E-state index contributed by atoms with van der Waals surface area (Å²) in [5.41, 5.74) is 5.09. The number of sulfonamides is 1. The average molecular weight is 769 g/mol. The Labute approximate surface area is 327 Å². The summed E-state index contributed by atoms with van der Waals surface area (Å²) in [5, 5.41) is 1.81. The summed E-state index contributed by atoms with van der Waals surface area (Å²) in [4.78, 5) is 31.8. The Balaban J connectivity index is 1.04. The maximum Gasteiger partial charge on any atom is 0.261 e. The van der Waals surface area contributed by atoms with Gasteiger partial charge < -0.3 is 4.57 Å². The van der Waals surface area contributed by atoms with E-state index in [0.717, 1.165) is 27.9 Å². The van der Waals surface area contributed by atoms with Crippen LogP contribution >= 0.6 is 11.6 Å². The van der Waals surface area contributed by atoms with Crippen LogP contribution < -0.4 is 0 Å². The summed E-state index contributed by atoms with van der Waals surface area (Å²) < 4.78 is 31.0. The van der Waals surface area contributed by atoms with Crippen molar-refractivity contribution in [2.45, 2.75) is 37.8 Å². The topological polar surface area (TPSA) is 92.6 Å². The first-order valence-corrected chi connectivity index (χ1v) is 20.2. The van der Waals surface area contributed by atoms with E-state index in [9.17, 15) is 18.0 Å². The number of carbonyl (C=O) groups is 2. The molecule has 0 radical (unpaired) electrons. The van der Waals surface area contributed by atoms with Crippen LogP contribution in [0.3, 0.4) is 0 Å². The molecule has 2 amide bonds. The van der Waals surface area contributed by atoms with Gasteiger partial charge in [-0.15, -0.1) is 0 Å². The number of carbonyl (C=O) groups excluding carboxylic acids is 2. The summed E-state index contributed by atoms with van der Waals surface area (Å²) in [7, 11) is -3.85. The van der Waals surface area contributed by atoms with E-state index < -0.39 is 15.6 Å². The van der Waals surface area contributed by atoms with E-state index in [2.05, 4.69) is 83.6 Å². The number of aryl methyl sites for hydroxylation is 1. The fraction of sp³-hybridized carbons (Fsp3) is 0.178. The molecule has 0 atom stereocenters. The molecule has 0 spiro atoms. The number of rotatable bonds is 16. The largest absolute Gasteiger partial charge is 0.319 e. The van der Waals surface area contributed by atoms with E-state index in [1.807, 2.05) is 24.5 Å². The molecule has 0 saturated carbocycles. The molecule has 5 aromatic carbocycles. The number of imidazole rings is 1. The highest BCUT2D eigenvalue weighted by atomic mass is 35.5. The molecular weight excluding hydrogens is 728 g/mol. The molecule has 1 aliphatic heterocycles. The minimum Gasteiger partial charge on any atom is -0.319 e. The second-order valence-corrected chi connectivity index (χ2v) is 15.8. The number of fused-ring (bicyclic) bond motifs is 1. The van der Waals surface area contributed by atoms with Crippen molar-refractivity contribution >= 4 is 33.4 Å². The second kappa shape index (κ2) is 16.8. The van der Waals surface area contributed by atoms with E-state index in [4.69, 9.17) is 16.6 Å². The molecule has 0 fully saturated rings. The lowest BCUT2D eigenvalue weighted by atomic mass is 9.77.